The van der Waals surface area contributed by atoms with Gasteiger partial charge in [0.05, 0.1) is 12.3 Å². The average Bonchev–Trinajstić information content (AvgIpc) is 2.97. The molecule has 4 nitrogen and oxygen atoms in total. The van der Waals surface area contributed by atoms with E-state index in [2.05, 4.69) is 32.7 Å². The van der Waals surface area contributed by atoms with Crippen LogP contribution in [0.25, 0.3) is 16.8 Å². The van der Waals surface area contributed by atoms with E-state index < -0.39 is 0 Å². The van der Waals surface area contributed by atoms with Gasteiger partial charge in [-0.1, -0.05) is 57.8 Å². The van der Waals surface area contributed by atoms with Crippen molar-refractivity contribution in [3.05, 3.63) is 47.6 Å². The smallest absolute Gasteiger partial charge is 0.155 e. The van der Waals surface area contributed by atoms with Gasteiger partial charge in [-0.2, -0.15) is 0 Å². The van der Waals surface area contributed by atoms with Crippen LogP contribution in [-0.4, -0.2) is 21.0 Å². The zero-order valence-electron chi connectivity index (χ0n) is 15.2. The predicted molar refractivity (Wildman–Crippen MR) is 103 cm³/mol. The van der Waals surface area contributed by atoms with E-state index in [1.807, 2.05) is 34.9 Å². The molecule has 0 spiro atoms. The van der Waals surface area contributed by atoms with Crippen LogP contribution in [0.2, 0.25) is 5.15 Å². The normalized spacial score (nSPS) is 11.9. The summed E-state index contributed by atoms with van der Waals surface area (Å²) in [7, 11) is 0. The maximum absolute atomic E-state index is 6.41. The van der Waals surface area contributed by atoms with Gasteiger partial charge >= 0.3 is 0 Å². The number of hydrogen-bond donors (Lipinski definition) is 0. The van der Waals surface area contributed by atoms with Crippen molar-refractivity contribution in [2.24, 2.45) is 0 Å². The molecule has 0 atom stereocenters. The summed E-state index contributed by atoms with van der Waals surface area (Å²) in [5.74, 6) is 1.81. The molecule has 0 aliphatic heterocycles. The highest BCUT2D eigenvalue weighted by atomic mass is 35.5. The molecule has 25 heavy (non-hydrogen) atoms. The third-order valence-electron chi connectivity index (χ3n) is 4.06. The molecule has 2 aromatic heterocycles. The highest BCUT2D eigenvalue weighted by Gasteiger charge is 2.24. The van der Waals surface area contributed by atoms with Crippen LogP contribution < -0.4 is 4.74 Å². The summed E-state index contributed by atoms with van der Waals surface area (Å²) in [6.45, 7) is 9.30. The van der Waals surface area contributed by atoms with Crippen molar-refractivity contribution in [3.63, 3.8) is 0 Å². The summed E-state index contributed by atoms with van der Waals surface area (Å²) in [5, 5.41) is 0.456. The molecule has 0 aliphatic carbocycles. The van der Waals surface area contributed by atoms with Crippen molar-refractivity contribution in [1.82, 2.24) is 14.4 Å². The minimum atomic E-state index is -0.110. The maximum Gasteiger partial charge on any atom is 0.155 e. The third kappa shape index (κ3) is 3.64. The van der Waals surface area contributed by atoms with Crippen molar-refractivity contribution in [1.29, 1.82) is 0 Å². The lowest BCUT2D eigenvalue weighted by Crippen LogP contribution is -2.15. The van der Waals surface area contributed by atoms with Gasteiger partial charge in [0.2, 0.25) is 0 Å². The number of unbranched alkanes of at least 4 members (excludes halogenated alkanes) is 1. The van der Waals surface area contributed by atoms with Gasteiger partial charge in [-0.05, 0) is 18.6 Å². The highest BCUT2D eigenvalue weighted by molar-refractivity contribution is 6.33. The van der Waals surface area contributed by atoms with Gasteiger partial charge in [-0.25, -0.2) is 9.97 Å². The van der Waals surface area contributed by atoms with Crippen LogP contribution in [0.3, 0.4) is 0 Å². The average molecular weight is 358 g/mol. The molecule has 132 valence electrons. The van der Waals surface area contributed by atoms with Crippen LogP contribution >= 0.6 is 11.6 Å². The quantitative estimate of drug-likeness (QED) is 0.564. The SMILES string of the molecule is CCCCOc1cccc(-c2nc(C(C)(C)C)n3ccnc(Cl)c23)c1. The van der Waals surface area contributed by atoms with Crippen LogP contribution in [-0.2, 0) is 5.41 Å². The summed E-state index contributed by atoms with van der Waals surface area (Å²) < 4.78 is 7.88. The Hall–Kier alpha value is -2.07. The molecule has 0 unspecified atom stereocenters. The summed E-state index contributed by atoms with van der Waals surface area (Å²) >= 11 is 6.41. The fourth-order valence-corrected chi connectivity index (χ4v) is 3.04. The lowest BCUT2D eigenvalue weighted by Gasteiger charge is -2.16. The van der Waals surface area contributed by atoms with Crippen molar-refractivity contribution >= 4 is 17.1 Å². The summed E-state index contributed by atoms with van der Waals surface area (Å²) in [6, 6.07) is 8.02. The Morgan fingerprint density at radius 3 is 2.76 bits per heavy atom. The number of nitrogens with zero attached hydrogens (tertiary/aromatic N) is 3. The highest BCUT2D eigenvalue weighted by Crippen LogP contribution is 2.34. The van der Waals surface area contributed by atoms with E-state index in [1.54, 1.807) is 6.20 Å². The van der Waals surface area contributed by atoms with Gasteiger partial charge in [-0.15, -0.1) is 0 Å². The lowest BCUT2D eigenvalue weighted by molar-refractivity contribution is 0.309. The molecule has 0 saturated carbocycles. The van der Waals surface area contributed by atoms with Crippen LogP contribution in [0.4, 0.5) is 0 Å². The van der Waals surface area contributed by atoms with Crippen molar-refractivity contribution in [3.8, 4) is 17.0 Å². The number of halogens is 1. The predicted octanol–water partition coefficient (Wildman–Crippen LogP) is 5.53. The second kappa shape index (κ2) is 7.04. The molecule has 0 saturated heterocycles. The number of fused-ring (bicyclic) bond motifs is 1. The minimum absolute atomic E-state index is 0.110. The maximum atomic E-state index is 6.41. The molecule has 5 heteroatoms. The van der Waals surface area contributed by atoms with Gasteiger partial charge in [0, 0.05) is 23.4 Å². The van der Waals surface area contributed by atoms with Crippen LogP contribution in [0.5, 0.6) is 5.75 Å². The summed E-state index contributed by atoms with van der Waals surface area (Å²) in [4.78, 5) is 9.16. The number of rotatable bonds is 5. The Bertz CT molecular complexity index is 880. The van der Waals surface area contributed by atoms with E-state index in [0.29, 0.717) is 5.15 Å². The van der Waals surface area contributed by atoms with Gasteiger partial charge < -0.3 is 4.74 Å². The first-order chi connectivity index (χ1) is 11.9. The second-order valence-electron chi connectivity index (χ2n) is 7.20. The van der Waals surface area contributed by atoms with E-state index in [4.69, 9.17) is 21.3 Å². The Kier molecular flexibility index (Phi) is 5.00. The lowest BCUT2D eigenvalue weighted by atomic mass is 9.96. The summed E-state index contributed by atoms with van der Waals surface area (Å²) in [6.07, 6.45) is 5.78. The minimum Gasteiger partial charge on any atom is -0.494 e. The molecular weight excluding hydrogens is 334 g/mol. The van der Waals surface area contributed by atoms with Gasteiger partial charge in [0.15, 0.2) is 5.15 Å². The largest absolute Gasteiger partial charge is 0.494 e. The second-order valence-corrected chi connectivity index (χ2v) is 7.56. The molecule has 2 heterocycles. The Balaban J connectivity index is 2.11. The fourth-order valence-electron chi connectivity index (χ4n) is 2.80. The Labute approximate surface area is 153 Å². The fraction of sp³-hybridized carbons (Fsp3) is 0.400. The van der Waals surface area contributed by atoms with E-state index in [9.17, 15) is 0 Å². The molecule has 0 amide bonds. The van der Waals surface area contributed by atoms with Gasteiger partial charge in [0.25, 0.3) is 0 Å². The topological polar surface area (TPSA) is 39.4 Å². The molecule has 0 fully saturated rings. The molecule has 3 rings (SSSR count). The Morgan fingerprint density at radius 1 is 1.24 bits per heavy atom. The molecule has 0 N–H and O–H groups in total. The van der Waals surface area contributed by atoms with Gasteiger partial charge in [-0.3, -0.25) is 4.40 Å². The van der Waals surface area contributed by atoms with E-state index in [0.717, 1.165) is 47.8 Å². The first kappa shape index (κ1) is 17.7. The zero-order valence-corrected chi connectivity index (χ0v) is 16.0. The number of benzene rings is 1. The molecular formula is C20H24ClN3O. The number of hydrogen-bond acceptors (Lipinski definition) is 3. The van der Waals surface area contributed by atoms with Crippen LogP contribution in [0, 0.1) is 0 Å². The monoisotopic (exact) mass is 357 g/mol. The summed E-state index contributed by atoms with van der Waals surface area (Å²) in [5.41, 5.74) is 2.54. The first-order valence-corrected chi connectivity index (χ1v) is 9.06. The van der Waals surface area contributed by atoms with Crippen molar-refractivity contribution in [2.45, 2.75) is 46.0 Å². The van der Waals surface area contributed by atoms with Crippen molar-refractivity contribution < 1.29 is 4.74 Å². The molecule has 0 radical (unpaired) electrons. The van der Waals surface area contributed by atoms with Gasteiger partial charge in [0.1, 0.15) is 17.1 Å². The van der Waals surface area contributed by atoms with E-state index >= 15 is 0 Å². The van der Waals surface area contributed by atoms with E-state index in [1.165, 1.54) is 0 Å². The molecule has 0 aliphatic rings. The zero-order chi connectivity index (χ0) is 18.0. The molecule has 0 bridgehead atoms. The number of ether oxygens (including phenoxy) is 1. The number of imidazole rings is 1. The number of aromatic nitrogens is 3. The van der Waals surface area contributed by atoms with E-state index in [-0.39, 0.29) is 5.41 Å². The van der Waals surface area contributed by atoms with Crippen molar-refractivity contribution in [2.75, 3.05) is 6.61 Å². The van der Waals surface area contributed by atoms with Crippen LogP contribution in [0.15, 0.2) is 36.7 Å². The molecule has 1 aromatic carbocycles. The third-order valence-corrected chi connectivity index (χ3v) is 4.33. The Morgan fingerprint density at radius 2 is 2.04 bits per heavy atom. The molecule has 3 aromatic rings. The standard InChI is InChI=1S/C20H24ClN3O/c1-5-6-12-25-15-9-7-8-14(13-15)16-17-18(21)22-10-11-24(17)19(23-16)20(2,3)4/h7-11,13H,5-6,12H2,1-4H3. The van der Waals surface area contributed by atoms with Crippen LogP contribution in [0.1, 0.15) is 46.4 Å². The first-order valence-electron chi connectivity index (χ1n) is 8.68.